The van der Waals surface area contributed by atoms with E-state index in [4.69, 9.17) is 0 Å². The SMILES string of the molecule is Cc1ccc(NC(=O)C(=O)NCc2ccc(N3CCCS3(=O)=O)cc2)cn1. The van der Waals surface area contributed by atoms with E-state index in [1.807, 2.05) is 6.92 Å². The Morgan fingerprint density at radius 1 is 1.11 bits per heavy atom. The summed E-state index contributed by atoms with van der Waals surface area (Å²) in [4.78, 5) is 27.9. The van der Waals surface area contributed by atoms with Gasteiger partial charge in [-0.05, 0) is 43.2 Å². The van der Waals surface area contributed by atoms with Gasteiger partial charge in [-0.3, -0.25) is 18.9 Å². The molecule has 2 N–H and O–H groups in total. The number of sulfonamides is 1. The van der Waals surface area contributed by atoms with Crippen molar-refractivity contribution in [3.8, 4) is 0 Å². The lowest BCUT2D eigenvalue weighted by Crippen LogP contribution is -2.35. The predicted octanol–water partition coefficient (Wildman–Crippen LogP) is 1.18. The van der Waals surface area contributed by atoms with E-state index in [2.05, 4.69) is 15.6 Å². The molecule has 142 valence electrons. The Balaban J connectivity index is 1.54. The molecule has 0 spiro atoms. The van der Waals surface area contributed by atoms with E-state index in [1.165, 1.54) is 10.5 Å². The van der Waals surface area contributed by atoms with Crippen molar-refractivity contribution < 1.29 is 18.0 Å². The van der Waals surface area contributed by atoms with Crippen molar-refractivity contribution in [2.24, 2.45) is 0 Å². The van der Waals surface area contributed by atoms with Gasteiger partial charge < -0.3 is 10.6 Å². The van der Waals surface area contributed by atoms with E-state index in [9.17, 15) is 18.0 Å². The van der Waals surface area contributed by atoms with Crippen LogP contribution in [0.2, 0.25) is 0 Å². The number of nitrogens with zero attached hydrogens (tertiary/aromatic N) is 2. The van der Waals surface area contributed by atoms with Crippen molar-refractivity contribution in [2.45, 2.75) is 19.9 Å². The molecule has 0 aliphatic carbocycles. The van der Waals surface area contributed by atoms with Crippen LogP contribution in [0.1, 0.15) is 17.7 Å². The number of pyridine rings is 1. The number of carbonyl (C=O) groups excluding carboxylic acids is 2. The van der Waals surface area contributed by atoms with Gasteiger partial charge in [0.25, 0.3) is 0 Å². The number of aryl methyl sites for hydroxylation is 1. The van der Waals surface area contributed by atoms with Crippen LogP contribution in [0.15, 0.2) is 42.6 Å². The van der Waals surface area contributed by atoms with Gasteiger partial charge >= 0.3 is 11.8 Å². The van der Waals surface area contributed by atoms with Gasteiger partial charge in [-0.2, -0.15) is 0 Å². The number of hydrogen-bond acceptors (Lipinski definition) is 5. The van der Waals surface area contributed by atoms with E-state index in [0.717, 1.165) is 11.3 Å². The molecule has 3 rings (SSSR count). The molecular formula is C18H20N4O4S. The number of carbonyl (C=O) groups is 2. The first-order valence-electron chi connectivity index (χ1n) is 8.46. The molecule has 0 saturated carbocycles. The Labute approximate surface area is 157 Å². The van der Waals surface area contributed by atoms with Gasteiger partial charge in [-0.25, -0.2) is 8.42 Å². The van der Waals surface area contributed by atoms with Crippen molar-refractivity contribution >= 4 is 33.2 Å². The fourth-order valence-electron chi connectivity index (χ4n) is 2.70. The molecule has 2 aromatic rings. The lowest BCUT2D eigenvalue weighted by molar-refractivity contribution is -0.136. The molecule has 1 saturated heterocycles. The number of nitrogens with one attached hydrogen (secondary N) is 2. The summed E-state index contributed by atoms with van der Waals surface area (Å²) in [5.74, 6) is -1.38. The van der Waals surface area contributed by atoms with Gasteiger partial charge in [0.15, 0.2) is 0 Å². The van der Waals surface area contributed by atoms with Crippen molar-refractivity contribution in [3.05, 3.63) is 53.9 Å². The highest BCUT2D eigenvalue weighted by Crippen LogP contribution is 2.24. The van der Waals surface area contributed by atoms with E-state index in [0.29, 0.717) is 24.3 Å². The van der Waals surface area contributed by atoms with Crippen LogP contribution in [0.4, 0.5) is 11.4 Å². The summed E-state index contributed by atoms with van der Waals surface area (Å²) in [5, 5.41) is 5.01. The Hall–Kier alpha value is -2.94. The number of amides is 2. The van der Waals surface area contributed by atoms with Gasteiger partial charge in [0.05, 0.1) is 23.3 Å². The number of anilines is 2. The Morgan fingerprint density at radius 2 is 1.85 bits per heavy atom. The molecule has 0 unspecified atom stereocenters. The molecule has 8 nitrogen and oxygen atoms in total. The third kappa shape index (κ3) is 4.62. The number of hydrogen-bond donors (Lipinski definition) is 2. The van der Waals surface area contributed by atoms with Crippen molar-refractivity contribution in [1.82, 2.24) is 10.3 Å². The zero-order valence-corrected chi connectivity index (χ0v) is 15.6. The molecule has 0 atom stereocenters. The summed E-state index contributed by atoms with van der Waals surface area (Å²) in [6, 6.07) is 10.2. The van der Waals surface area contributed by atoms with E-state index in [-0.39, 0.29) is 12.3 Å². The molecule has 1 fully saturated rings. The van der Waals surface area contributed by atoms with Crippen LogP contribution < -0.4 is 14.9 Å². The first kappa shape index (κ1) is 18.8. The van der Waals surface area contributed by atoms with E-state index >= 15 is 0 Å². The van der Waals surface area contributed by atoms with Crippen LogP contribution in [0.25, 0.3) is 0 Å². The Bertz CT molecular complexity index is 940. The molecule has 1 aliphatic rings. The first-order chi connectivity index (χ1) is 12.8. The molecule has 0 radical (unpaired) electrons. The van der Waals surface area contributed by atoms with Gasteiger partial charge in [-0.1, -0.05) is 12.1 Å². The van der Waals surface area contributed by atoms with Crippen LogP contribution in [-0.4, -0.2) is 37.5 Å². The monoisotopic (exact) mass is 388 g/mol. The summed E-state index contributed by atoms with van der Waals surface area (Å²) in [6.45, 7) is 2.46. The minimum atomic E-state index is -3.22. The molecular weight excluding hydrogens is 368 g/mol. The second kappa shape index (κ2) is 7.75. The van der Waals surface area contributed by atoms with Gasteiger partial charge in [0, 0.05) is 18.8 Å². The molecule has 9 heteroatoms. The predicted molar refractivity (Wildman–Crippen MR) is 102 cm³/mol. The molecule has 1 aromatic carbocycles. The molecule has 1 aliphatic heterocycles. The van der Waals surface area contributed by atoms with Crippen molar-refractivity contribution in [3.63, 3.8) is 0 Å². The highest BCUT2D eigenvalue weighted by Gasteiger charge is 2.28. The Morgan fingerprint density at radius 3 is 2.44 bits per heavy atom. The number of aromatic nitrogens is 1. The summed E-state index contributed by atoms with van der Waals surface area (Å²) >= 11 is 0. The maximum Gasteiger partial charge on any atom is 0.313 e. The number of rotatable bonds is 4. The summed E-state index contributed by atoms with van der Waals surface area (Å²) < 4.78 is 25.2. The van der Waals surface area contributed by atoms with Crippen LogP contribution in [0.3, 0.4) is 0 Å². The van der Waals surface area contributed by atoms with Gasteiger partial charge in [0.2, 0.25) is 10.0 Å². The average molecular weight is 388 g/mol. The smallest absolute Gasteiger partial charge is 0.313 e. The van der Waals surface area contributed by atoms with E-state index < -0.39 is 21.8 Å². The largest absolute Gasteiger partial charge is 0.344 e. The van der Waals surface area contributed by atoms with Crippen molar-refractivity contribution in [1.29, 1.82) is 0 Å². The van der Waals surface area contributed by atoms with Crippen LogP contribution in [-0.2, 0) is 26.2 Å². The topological polar surface area (TPSA) is 108 Å². The lowest BCUT2D eigenvalue weighted by Gasteiger charge is -2.17. The zero-order valence-electron chi connectivity index (χ0n) is 14.8. The molecule has 1 aromatic heterocycles. The summed E-state index contributed by atoms with van der Waals surface area (Å²) in [7, 11) is -3.22. The third-order valence-electron chi connectivity index (χ3n) is 4.15. The van der Waals surface area contributed by atoms with Gasteiger partial charge in [-0.15, -0.1) is 0 Å². The third-order valence-corrected chi connectivity index (χ3v) is 6.02. The highest BCUT2D eigenvalue weighted by molar-refractivity contribution is 7.93. The Kier molecular flexibility index (Phi) is 5.41. The van der Waals surface area contributed by atoms with Gasteiger partial charge in [0.1, 0.15) is 0 Å². The molecule has 27 heavy (non-hydrogen) atoms. The maximum atomic E-state index is 11.9. The maximum absolute atomic E-state index is 11.9. The zero-order chi connectivity index (χ0) is 19.4. The van der Waals surface area contributed by atoms with Crippen LogP contribution in [0, 0.1) is 6.92 Å². The van der Waals surface area contributed by atoms with Crippen molar-refractivity contribution in [2.75, 3.05) is 21.9 Å². The summed E-state index contributed by atoms with van der Waals surface area (Å²) in [6.07, 6.45) is 2.09. The fourth-order valence-corrected chi connectivity index (χ4v) is 4.27. The second-order valence-electron chi connectivity index (χ2n) is 6.23. The minimum Gasteiger partial charge on any atom is -0.344 e. The van der Waals surface area contributed by atoms with E-state index in [1.54, 1.807) is 36.4 Å². The first-order valence-corrected chi connectivity index (χ1v) is 10.1. The van der Waals surface area contributed by atoms with Crippen LogP contribution in [0.5, 0.6) is 0 Å². The number of benzene rings is 1. The molecule has 0 bridgehead atoms. The minimum absolute atomic E-state index is 0.158. The average Bonchev–Trinajstić information content (AvgIpc) is 3.01. The second-order valence-corrected chi connectivity index (χ2v) is 8.25. The molecule has 2 heterocycles. The van der Waals surface area contributed by atoms with Crippen LogP contribution >= 0.6 is 0 Å². The molecule has 2 amide bonds. The summed E-state index contributed by atoms with van der Waals surface area (Å²) in [5.41, 5.74) is 2.61. The fraction of sp³-hybridized carbons (Fsp3) is 0.278. The normalized spacial score (nSPS) is 15.4. The highest BCUT2D eigenvalue weighted by atomic mass is 32.2. The lowest BCUT2D eigenvalue weighted by atomic mass is 10.2. The quantitative estimate of drug-likeness (QED) is 0.765. The standard InChI is InChI=1S/C18H20N4O4S/c1-13-3-6-15(12-19-13)21-18(24)17(23)20-11-14-4-7-16(8-5-14)22-9-2-10-27(22,25)26/h3-8,12H,2,9-11H2,1H3,(H,20,23)(H,21,24).